The molecule has 0 amide bonds. The maximum Gasteiger partial charge on any atom is 0.0675 e. The molecule has 1 heterocycles. The molecule has 0 aliphatic rings. The van der Waals surface area contributed by atoms with Crippen molar-refractivity contribution in [1.82, 2.24) is 9.78 Å². The van der Waals surface area contributed by atoms with E-state index in [1.165, 1.54) is 16.7 Å². The van der Waals surface area contributed by atoms with Crippen LogP contribution in [0.3, 0.4) is 0 Å². The fourth-order valence-electron chi connectivity index (χ4n) is 2.22. The lowest BCUT2D eigenvalue weighted by molar-refractivity contribution is 0.706. The summed E-state index contributed by atoms with van der Waals surface area (Å²) in [4.78, 5) is 0. The topological polar surface area (TPSA) is 43.8 Å². The molecule has 0 saturated heterocycles. The van der Waals surface area contributed by atoms with Crippen molar-refractivity contribution in [1.29, 1.82) is 0 Å². The molecule has 1 aromatic heterocycles. The summed E-state index contributed by atoms with van der Waals surface area (Å²) in [6.07, 6.45) is 1.07. The maximum atomic E-state index is 5.80. The molecule has 0 radical (unpaired) electrons. The molecule has 3 heteroatoms. The minimum absolute atomic E-state index is 0.516. The molecule has 90 valence electrons. The van der Waals surface area contributed by atoms with Crippen molar-refractivity contribution in [2.24, 2.45) is 12.8 Å². The first-order valence-electron chi connectivity index (χ1n) is 5.99. The zero-order valence-electron chi connectivity index (χ0n) is 10.7. The van der Waals surface area contributed by atoms with Crippen molar-refractivity contribution in [3.63, 3.8) is 0 Å². The quantitative estimate of drug-likeness (QED) is 0.878. The summed E-state index contributed by atoms with van der Waals surface area (Å²) in [5, 5.41) is 4.44. The van der Waals surface area contributed by atoms with Gasteiger partial charge in [0.1, 0.15) is 0 Å². The van der Waals surface area contributed by atoms with Crippen LogP contribution in [0.5, 0.6) is 0 Å². The lowest BCUT2D eigenvalue weighted by Crippen LogP contribution is -2.05. The smallest absolute Gasteiger partial charge is 0.0675 e. The average molecular weight is 229 g/mol. The molecule has 0 fully saturated rings. The van der Waals surface area contributed by atoms with E-state index in [-0.39, 0.29) is 0 Å². The van der Waals surface area contributed by atoms with E-state index in [2.05, 4.69) is 36.3 Å². The van der Waals surface area contributed by atoms with Crippen LogP contribution in [0.4, 0.5) is 0 Å². The Morgan fingerprint density at radius 1 is 1.24 bits per heavy atom. The molecule has 0 aliphatic carbocycles. The predicted octanol–water partition coefficient (Wildman–Crippen LogP) is 2.42. The summed E-state index contributed by atoms with van der Waals surface area (Å²) in [5.41, 5.74) is 11.7. The Balaban J connectivity index is 2.51. The predicted molar refractivity (Wildman–Crippen MR) is 70.7 cm³/mol. The van der Waals surface area contributed by atoms with Crippen LogP contribution >= 0.6 is 0 Å². The van der Waals surface area contributed by atoms with Gasteiger partial charge in [-0.2, -0.15) is 5.10 Å². The molecular formula is C14H19N3. The van der Waals surface area contributed by atoms with Gasteiger partial charge in [-0.3, -0.25) is 4.68 Å². The summed E-state index contributed by atoms with van der Waals surface area (Å²) in [7, 11) is 1.94. The Hall–Kier alpha value is -1.61. The molecule has 0 unspecified atom stereocenters. The third-order valence-corrected chi connectivity index (χ3v) is 3.19. The molecule has 3 nitrogen and oxygen atoms in total. The monoisotopic (exact) mass is 229 g/mol. The fraction of sp³-hybridized carbons (Fsp3) is 0.357. The summed E-state index contributed by atoms with van der Waals surface area (Å²) in [5.74, 6) is 0. The normalized spacial score (nSPS) is 10.8. The van der Waals surface area contributed by atoms with Crippen LogP contribution in [0.25, 0.3) is 11.1 Å². The van der Waals surface area contributed by atoms with Crippen molar-refractivity contribution < 1.29 is 0 Å². The summed E-state index contributed by atoms with van der Waals surface area (Å²) >= 11 is 0. The number of hydrogen-bond acceptors (Lipinski definition) is 2. The van der Waals surface area contributed by atoms with E-state index >= 15 is 0 Å². The van der Waals surface area contributed by atoms with E-state index in [0.717, 1.165) is 17.8 Å². The van der Waals surface area contributed by atoms with Crippen LogP contribution in [0.15, 0.2) is 24.3 Å². The highest BCUT2D eigenvalue weighted by atomic mass is 15.3. The maximum absolute atomic E-state index is 5.80. The van der Waals surface area contributed by atoms with Crippen LogP contribution in [0, 0.1) is 6.92 Å². The number of aryl methyl sites for hydroxylation is 3. The van der Waals surface area contributed by atoms with Crippen molar-refractivity contribution in [3.05, 3.63) is 41.2 Å². The van der Waals surface area contributed by atoms with Crippen LogP contribution in [0.1, 0.15) is 23.9 Å². The van der Waals surface area contributed by atoms with Crippen molar-refractivity contribution in [2.75, 3.05) is 0 Å². The van der Waals surface area contributed by atoms with Crippen molar-refractivity contribution in [2.45, 2.75) is 26.8 Å². The van der Waals surface area contributed by atoms with E-state index in [9.17, 15) is 0 Å². The average Bonchev–Trinajstić information content (AvgIpc) is 2.63. The Bertz CT molecular complexity index is 509. The van der Waals surface area contributed by atoms with Gasteiger partial charge in [-0.1, -0.05) is 31.2 Å². The first kappa shape index (κ1) is 11.9. The molecule has 2 aromatic rings. The molecule has 0 spiro atoms. The highest BCUT2D eigenvalue weighted by molar-refractivity contribution is 5.68. The van der Waals surface area contributed by atoms with Gasteiger partial charge in [0.15, 0.2) is 0 Å². The minimum atomic E-state index is 0.516. The van der Waals surface area contributed by atoms with E-state index < -0.39 is 0 Å². The minimum Gasteiger partial charge on any atom is -0.325 e. The van der Waals surface area contributed by atoms with Gasteiger partial charge < -0.3 is 5.73 Å². The SMILES string of the molecule is CCc1ccc(-c2c(C)nn(C)c2CN)cc1. The standard InChI is InChI=1S/C14H19N3/c1-4-11-5-7-12(8-6-11)14-10(2)16-17(3)13(14)9-15/h5-8H,4,9,15H2,1-3H3. The Labute approximate surface area is 102 Å². The lowest BCUT2D eigenvalue weighted by Gasteiger charge is -2.05. The molecule has 2 rings (SSSR count). The van der Waals surface area contributed by atoms with Gasteiger partial charge in [-0.25, -0.2) is 0 Å². The molecule has 17 heavy (non-hydrogen) atoms. The highest BCUT2D eigenvalue weighted by Crippen LogP contribution is 2.27. The lowest BCUT2D eigenvalue weighted by atomic mass is 10.0. The third-order valence-electron chi connectivity index (χ3n) is 3.19. The Morgan fingerprint density at radius 2 is 1.88 bits per heavy atom. The number of nitrogens with two attached hydrogens (primary N) is 1. The first-order valence-corrected chi connectivity index (χ1v) is 5.99. The molecule has 0 atom stereocenters. The van der Waals surface area contributed by atoms with Gasteiger partial charge in [0, 0.05) is 19.2 Å². The second kappa shape index (κ2) is 4.72. The van der Waals surface area contributed by atoms with Gasteiger partial charge in [0.25, 0.3) is 0 Å². The van der Waals surface area contributed by atoms with E-state index in [1.54, 1.807) is 0 Å². The van der Waals surface area contributed by atoms with Crippen LogP contribution in [-0.4, -0.2) is 9.78 Å². The molecule has 0 saturated carbocycles. The van der Waals surface area contributed by atoms with Gasteiger partial charge in [0.05, 0.1) is 11.4 Å². The summed E-state index contributed by atoms with van der Waals surface area (Å²) in [6.45, 7) is 4.71. The zero-order valence-corrected chi connectivity index (χ0v) is 10.7. The Morgan fingerprint density at radius 3 is 2.41 bits per heavy atom. The fourth-order valence-corrected chi connectivity index (χ4v) is 2.22. The second-order valence-corrected chi connectivity index (χ2v) is 4.29. The number of rotatable bonds is 3. The van der Waals surface area contributed by atoms with Gasteiger partial charge >= 0.3 is 0 Å². The van der Waals surface area contributed by atoms with Gasteiger partial charge in [0.2, 0.25) is 0 Å². The Kier molecular flexibility index (Phi) is 3.29. The molecule has 2 N–H and O–H groups in total. The number of benzene rings is 1. The molecule has 1 aromatic carbocycles. The summed E-state index contributed by atoms with van der Waals surface area (Å²) in [6, 6.07) is 8.65. The summed E-state index contributed by atoms with van der Waals surface area (Å²) < 4.78 is 1.87. The third kappa shape index (κ3) is 2.11. The molecule has 0 bridgehead atoms. The van der Waals surface area contributed by atoms with E-state index in [4.69, 9.17) is 5.73 Å². The van der Waals surface area contributed by atoms with Crippen molar-refractivity contribution in [3.8, 4) is 11.1 Å². The largest absolute Gasteiger partial charge is 0.325 e. The van der Waals surface area contributed by atoms with Crippen LogP contribution < -0.4 is 5.73 Å². The van der Waals surface area contributed by atoms with Crippen molar-refractivity contribution >= 4 is 0 Å². The number of hydrogen-bond donors (Lipinski definition) is 1. The number of aromatic nitrogens is 2. The molecular weight excluding hydrogens is 210 g/mol. The first-order chi connectivity index (χ1) is 8.17. The van der Waals surface area contributed by atoms with Gasteiger partial charge in [-0.15, -0.1) is 0 Å². The van der Waals surface area contributed by atoms with E-state index in [0.29, 0.717) is 6.54 Å². The van der Waals surface area contributed by atoms with Gasteiger partial charge in [-0.05, 0) is 24.5 Å². The highest BCUT2D eigenvalue weighted by Gasteiger charge is 2.13. The second-order valence-electron chi connectivity index (χ2n) is 4.29. The van der Waals surface area contributed by atoms with Crippen LogP contribution in [-0.2, 0) is 20.0 Å². The van der Waals surface area contributed by atoms with Crippen LogP contribution in [0.2, 0.25) is 0 Å². The zero-order chi connectivity index (χ0) is 12.4. The van der Waals surface area contributed by atoms with E-state index in [1.807, 2.05) is 18.7 Å². The molecule has 0 aliphatic heterocycles. The number of nitrogens with zero attached hydrogens (tertiary/aromatic N) is 2.